The molecule has 184 valence electrons. The average molecular weight is 620 g/mol. The van der Waals surface area contributed by atoms with Gasteiger partial charge in [0.15, 0.2) is 0 Å². The average Bonchev–Trinajstić information content (AvgIpc) is 2.95. The van der Waals surface area contributed by atoms with E-state index in [0.717, 1.165) is 43.1 Å². The minimum absolute atomic E-state index is 1.05. The highest BCUT2D eigenvalue weighted by molar-refractivity contribution is 9.10. The minimum atomic E-state index is 1.05. The molecular weight excluding hydrogens is 596 g/mol. The maximum Gasteiger partial charge on any atom is 0.0472 e. The molecule has 0 aliphatic carbocycles. The molecule has 0 radical (unpaired) electrons. The molecule has 0 spiro atoms. The lowest BCUT2D eigenvalue weighted by Gasteiger charge is -2.27. The number of halogens is 2. The van der Waals surface area contributed by atoms with Gasteiger partial charge < -0.3 is 9.80 Å². The second-order valence-corrected chi connectivity index (χ2v) is 10.8. The van der Waals surface area contributed by atoms with Crippen LogP contribution in [-0.2, 0) is 0 Å². The number of benzene rings is 6. The molecule has 0 saturated heterocycles. The second-order valence-electron chi connectivity index (χ2n) is 9.02. The molecule has 0 N–H and O–H groups in total. The maximum atomic E-state index is 3.65. The molecule has 0 saturated carbocycles. The Balaban J connectivity index is 1.50. The third-order valence-electron chi connectivity index (χ3n) is 6.49. The molecule has 6 aromatic rings. The van der Waals surface area contributed by atoms with Crippen LogP contribution in [0.15, 0.2) is 155 Å². The summed E-state index contributed by atoms with van der Waals surface area (Å²) < 4.78 is 2.10. The van der Waals surface area contributed by atoms with Crippen LogP contribution in [0.2, 0.25) is 0 Å². The molecule has 6 rings (SSSR count). The lowest BCUT2D eigenvalue weighted by molar-refractivity contribution is 1.28. The SMILES string of the molecule is Brc1cccc(N(c2ccccc2)c2ccc3ccc(N(c4ccccc4)c4cccc(Br)c4)cc3c2)c1. The summed E-state index contributed by atoms with van der Waals surface area (Å²) in [5.74, 6) is 0. The van der Waals surface area contributed by atoms with Crippen molar-refractivity contribution in [2.45, 2.75) is 0 Å². The molecule has 6 aromatic carbocycles. The second kappa shape index (κ2) is 10.9. The van der Waals surface area contributed by atoms with Gasteiger partial charge in [0, 0.05) is 43.1 Å². The Hall–Kier alpha value is -3.86. The van der Waals surface area contributed by atoms with Gasteiger partial charge in [0.1, 0.15) is 0 Å². The van der Waals surface area contributed by atoms with Crippen LogP contribution in [0.1, 0.15) is 0 Å². The van der Waals surface area contributed by atoms with E-state index in [0.29, 0.717) is 0 Å². The third-order valence-corrected chi connectivity index (χ3v) is 7.47. The van der Waals surface area contributed by atoms with E-state index in [2.05, 4.69) is 187 Å². The fourth-order valence-corrected chi connectivity index (χ4v) is 5.55. The molecule has 0 bridgehead atoms. The molecule has 0 heterocycles. The summed E-state index contributed by atoms with van der Waals surface area (Å²) in [6.45, 7) is 0. The molecule has 0 unspecified atom stereocenters. The largest absolute Gasteiger partial charge is 0.310 e. The van der Waals surface area contributed by atoms with Gasteiger partial charge in [-0.05, 0) is 95.7 Å². The number of anilines is 6. The molecule has 0 aliphatic rings. The monoisotopic (exact) mass is 618 g/mol. The van der Waals surface area contributed by atoms with E-state index in [9.17, 15) is 0 Å². The van der Waals surface area contributed by atoms with Gasteiger partial charge in [0.2, 0.25) is 0 Å². The fraction of sp³-hybridized carbons (Fsp3) is 0. The van der Waals surface area contributed by atoms with Crippen molar-refractivity contribution >= 4 is 76.8 Å². The number of hydrogen-bond donors (Lipinski definition) is 0. The zero-order valence-electron chi connectivity index (χ0n) is 20.5. The van der Waals surface area contributed by atoms with E-state index in [1.807, 2.05) is 0 Å². The van der Waals surface area contributed by atoms with Crippen LogP contribution < -0.4 is 9.80 Å². The van der Waals surface area contributed by atoms with Crippen molar-refractivity contribution in [2.24, 2.45) is 0 Å². The fourth-order valence-electron chi connectivity index (χ4n) is 4.78. The van der Waals surface area contributed by atoms with Crippen molar-refractivity contribution in [3.05, 3.63) is 155 Å². The van der Waals surface area contributed by atoms with Crippen LogP contribution in [-0.4, -0.2) is 0 Å². The maximum absolute atomic E-state index is 3.65. The van der Waals surface area contributed by atoms with Crippen molar-refractivity contribution in [1.82, 2.24) is 0 Å². The van der Waals surface area contributed by atoms with Gasteiger partial charge in [-0.15, -0.1) is 0 Å². The van der Waals surface area contributed by atoms with Crippen LogP contribution in [0.25, 0.3) is 10.8 Å². The third kappa shape index (κ3) is 5.10. The highest BCUT2D eigenvalue weighted by Gasteiger charge is 2.16. The van der Waals surface area contributed by atoms with Crippen LogP contribution in [0.4, 0.5) is 34.1 Å². The smallest absolute Gasteiger partial charge is 0.0472 e. The van der Waals surface area contributed by atoms with Crippen molar-refractivity contribution in [3.8, 4) is 0 Å². The van der Waals surface area contributed by atoms with Gasteiger partial charge in [-0.1, -0.05) is 92.5 Å². The standard InChI is InChI=1S/C34H24Br2N2/c35-27-9-7-15-31(23-27)37(29-11-3-1-4-12-29)33-19-17-25-18-20-34(22-26(25)21-33)38(30-13-5-2-6-14-30)32-16-8-10-28(36)24-32/h1-24H. The summed E-state index contributed by atoms with van der Waals surface area (Å²) >= 11 is 7.31. The highest BCUT2D eigenvalue weighted by Crippen LogP contribution is 2.40. The van der Waals surface area contributed by atoms with Gasteiger partial charge >= 0.3 is 0 Å². The molecule has 38 heavy (non-hydrogen) atoms. The Kier molecular flexibility index (Phi) is 7.00. The Bertz CT molecular complexity index is 1580. The summed E-state index contributed by atoms with van der Waals surface area (Å²) in [5, 5.41) is 2.37. The van der Waals surface area contributed by atoms with Crippen LogP contribution in [0, 0.1) is 0 Å². The van der Waals surface area contributed by atoms with Gasteiger partial charge in [-0.3, -0.25) is 0 Å². The molecule has 0 aliphatic heterocycles. The van der Waals surface area contributed by atoms with Crippen molar-refractivity contribution in [2.75, 3.05) is 9.80 Å². The lowest BCUT2D eigenvalue weighted by atomic mass is 10.1. The quantitative estimate of drug-likeness (QED) is 0.183. The zero-order valence-corrected chi connectivity index (χ0v) is 23.7. The predicted octanol–water partition coefficient (Wildman–Crippen LogP) is 11.3. The first-order valence-corrected chi connectivity index (χ1v) is 14.0. The van der Waals surface area contributed by atoms with E-state index in [1.165, 1.54) is 10.8 Å². The van der Waals surface area contributed by atoms with Gasteiger partial charge in [0.25, 0.3) is 0 Å². The normalized spacial score (nSPS) is 10.9. The first-order valence-electron chi connectivity index (χ1n) is 12.4. The van der Waals surface area contributed by atoms with E-state index >= 15 is 0 Å². The van der Waals surface area contributed by atoms with Crippen LogP contribution in [0.3, 0.4) is 0 Å². The molecule has 0 amide bonds. The van der Waals surface area contributed by atoms with Crippen LogP contribution in [0.5, 0.6) is 0 Å². The molecule has 0 atom stereocenters. The topological polar surface area (TPSA) is 6.48 Å². The Morgan fingerprint density at radius 2 is 0.711 bits per heavy atom. The molecular formula is C34H24Br2N2. The Morgan fingerprint density at radius 3 is 1.13 bits per heavy atom. The Morgan fingerprint density at radius 1 is 0.316 bits per heavy atom. The van der Waals surface area contributed by atoms with Crippen molar-refractivity contribution < 1.29 is 0 Å². The Labute approximate surface area is 240 Å². The molecule has 4 heteroatoms. The summed E-state index contributed by atoms with van der Waals surface area (Å²) in [7, 11) is 0. The summed E-state index contributed by atoms with van der Waals surface area (Å²) in [6.07, 6.45) is 0. The molecule has 0 aromatic heterocycles. The highest BCUT2D eigenvalue weighted by atomic mass is 79.9. The van der Waals surface area contributed by atoms with Gasteiger partial charge in [-0.2, -0.15) is 0 Å². The number of fused-ring (bicyclic) bond motifs is 1. The summed E-state index contributed by atoms with van der Waals surface area (Å²) in [6, 6.07) is 51.2. The number of hydrogen-bond acceptors (Lipinski definition) is 2. The number of rotatable bonds is 6. The summed E-state index contributed by atoms with van der Waals surface area (Å²) in [4.78, 5) is 4.58. The number of nitrogens with zero attached hydrogens (tertiary/aromatic N) is 2. The first-order chi connectivity index (χ1) is 18.7. The van der Waals surface area contributed by atoms with Crippen molar-refractivity contribution in [1.29, 1.82) is 0 Å². The summed E-state index contributed by atoms with van der Waals surface area (Å²) in [5.41, 5.74) is 6.63. The van der Waals surface area contributed by atoms with E-state index < -0.39 is 0 Å². The van der Waals surface area contributed by atoms with Crippen molar-refractivity contribution in [3.63, 3.8) is 0 Å². The molecule has 0 fully saturated rings. The predicted molar refractivity (Wildman–Crippen MR) is 169 cm³/mol. The van der Waals surface area contributed by atoms with Gasteiger partial charge in [0.05, 0.1) is 0 Å². The van der Waals surface area contributed by atoms with Gasteiger partial charge in [-0.25, -0.2) is 0 Å². The van der Waals surface area contributed by atoms with E-state index in [-0.39, 0.29) is 0 Å². The first kappa shape index (κ1) is 24.5. The van der Waals surface area contributed by atoms with E-state index in [4.69, 9.17) is 0 Å². The lowest BCUT2D eigenvalue weighted by Crippen LogP contribution is -2.10. The van der Waals surface area contributed by atoms with E-state index in [1.54, 1.807) is 0 Å². The molecule has 2 nitrogen and oxygen atoms in total. The van der Waals surface area contributed by atoms with Crippen LogP contribution >= 0.6 is 31.9 Å². The number of para-hydroxylation sites is 2. The zero-order chi connectivity index (χ0) is 25.9. The minimum Gasteiger partial charge on any atom is -0.310 e.